The Morgan fingerprint density at radius 2 is 2.00 bits per heavy atom. The molecule has 2 radical (unpaired) electrons. The van der Waals surface area contributed by atoms with E-state index in [4.69, 9.17) is 0 Å². The summed E-state index contributed by atoms with van der Waals surface area (Å²) in [6, 6.07) is 0.512. The van der Waals surface area contributed by atoms with Gasteiger partial charge in [-0.1, -0.05) is 19.6 Å². The summed E-state index contributed by atoms with van der Waals surface area (Å²) < 4.78 is 0. The van der Waals surface area contributed by atoms with Gasteiger partial charge in [0.05, 0.1) is 8.07 Å². The summed E-state index contributed by atoms with van der Waals surface area (Å²) in [5.41, 5.74) is 0. The van der Waals surface area contributed by atoms with Crippen LogP contribution in [0, 0.1) is 6.67 Å². The van der Waals surface area contributed by atoms with Crippen molar-refractivity contribution in [1.29, 1.82) is 0 Å². The van der Waals surface area contributed by atoms with Gasteiger partial charge in [-0.05, 0) is 13.8 Å². The number of hydrogen-bond donors (Lipinski definition) is 1. The molecule has 0 atom stereocenters. The standard InChI is InChI=1S/C9H18N2Si/c1-8(2)11-7-10-6-9(11)12(3,4)5/h6,8,10H,1-5H3. The molecule has 0 saturated heterocycles. The van der Waals surface area contributed by atoms with Crippen LogP contribution in [0.25, 0.3) is 0 Å². The van der Waals surface area contributed by atoms with E-state index in [2.05, 4.69) is 56.6 Å². The first-order valence-electron chi connectivity index (χ1n) is 4.44. The molecule has 0 aromatic carbocycles. The average molecular weight is 182 g/mol. The predicted octanol–water partition coefficient (Wildman–Crippen LogP) is 2.02. The second-order valence-corrected chi connectivity index (χ2v) is 9.51. The van der Waals surface area contributed by atoms with Crippen LogP contribution in [0.1, 0.15) is 13.8 Å². The van der Waals surface area contributed by atoms with Crippen molar-refractivity contribution in [3.63, 3.8) is 0 Å². The normalized spacial score (nSPS) is 18.2. The monoisotopic (exact) mass is 182 g/mol. The lowest BCUT2D eigenvalue weighted by Crippen LogP contribution is -2.37. The van der Waals surface area contributed by atoms with Crippen molar-refractivity contribution in [2.75, 3.05) is 0 Å². The highest BCUT2D eigenvalue weighted by atomic mass is 28.3. The largest absolute Gasteiger partial charge is 0.360 e. The molecule has 12 heavy (non-hydrogen) atoms. The first-order chi connectivity index (χ1) is 5.43. The molecule has 0 aromatic rings. The van der Waals surface area contributed by atoms with Crippen molar-refractivity contribution in [2.45, 2.75) is 39.5 Å². The molecule has 0 unspecified atom stereocenters. The molecule has 0 bridgehead atoms. The minimum atomic E-state index is -1.19. The van der Waals surface area contributed by atoms with Crippen LogP contribution in [0.2, 0.25) is 19.6 Å². The highest BCUT2D eigenvalue weighted by Gasteiger charge is 2.29. The Morgan fingerprint density at radius 1 is 1.42 bits per heavy atom. The molecule has 3 heteroatoms. The maximum atomic E-state index is 3.14. The highest BCUT2D eigenvalue weighted by molar-refractivity contribution is 6.82. The van der Waals surface area contributed by atoms with E-state index in [0.29, 0.717) is 6.04 Å². The molecular weight excluding hydrogens is 164 g/mol. The van der Waals surface area contributed by atoms with E-state index in [1.165, 1.54) is 5.32 Å². The van der Waals surface area contributed by atoms with Crippen LogP contribution in [-0.2, 0) is 0 Å². The van der Waals surface area contributed by atoms with Gasteiger partial charge in [-0.3, -0.25) is 0 Å². The molecular formula is C9H18N2Si. The summed E-state index contributed by atoms with van der Waals surface area (Å²) >= 11 is 0. The molecule has 0 spiro atoms. The molecule has 0 saturated carbocycles. The molecule has 0 aromatic heterocycles. The Morgan fingerprint density at radius 3 is 2.33 bits per heavy atom. The van der Waals surface area contributed by atoms with E-state index < -0.39 is 8.07 Å². The van der Waals surface area contributed by atoms with Crippen molar-refractivity contribution in [3.05, 3.63) is 18.2 Å². The third-order valence-electron chi connectivity index (χ3n) is 1.94. The fraction of sp³-hybridized carbons (Fsp3) is 0.667. The predicted molar refractivity (Wildman–Crippen MR) is 54.8 cm³/mol. The van der Waals surface area contributed by atoms with Crippen LogP contribution < -0.4 is 5.32 Å². The minimum absolute atomic E-state index is 0.512. The smallest absolute Gasteiger partial charge is 0.205 e. The van der Waals surface area contributed by atoms with Gasteiger partial charge in [0.1, 0.15) is 0 Å². The van der Waals surface area contributed by atoms with Crippen LogP contribution in [0.4, 0.5) is 0 Å². The second-order valence-electron chi connectivity index (χ2n) is 4.50. The molecule has 1 aliphatic rings. The third-order valence-corrected chi connectivity index (χ3v) is 3.86. The zero-order valence-corrected chi connectivity index (χ0v) is 9.60. The van der Waals surface area contributed by atoms with Crippen molar-refractivity contribution in [3.8, 4) is 0 Å². The van der Waals surface area contributed by atoms with Gasteiger partial charge in [0.2, 0.25) is 6.67 Å². The molecule has 68 valence electrons. The number of nitrogens with zero attached hydrogens (tertiary/aromatic N) is 1. The summed E-state index contributed by atoms with van der Waals surface area (Å²) in [5.74, 6) is 0. The van der Waals surface area contributed by atoms with Gasteiger partial charge in [0.15, 0.2) is 0 Å². The third kappa shape index (κ3) is 1.83. The number of rotatable bonds is 2. The van der Waals surface area contributed by atoms with E-state index in [-0.39, 0.29) is 0 Å². The van der Waals surface area contributed by atoms with Crippen LogP contribution in [-0.4, -0.2) is 19.0 Å². The fourth-order valence-corrected chi connectivity index (χ4v) is 2.83. The maximum absolute atomic E-state index is 3.14. The van der Waals surface area contributed by atoms with Crippen molar-refractivity contribution in [2.24, 2.45) is 0 Å². The first-order valence-corrected chi connectivity index (χ1v) is 7.94. The zero-order chi connectivity index (χ0) is 9.35. The molecule has 0 amide bonds. The Hall–Kier alpha value is -0.443. The number of hydrogen-bond acceptors (Lipinski definition) is 2. The summed E-state index contributed by atoms with van der Waals surface area (Å²) in [6.07, 6.45) is 2.09. The van der Waals surface area contributed by atoms with Crippen LogP contribution in [0.5, 0.6) is 0 Å². The van der Waals surface area contributed by atoms with Gasteiger partial charge in [-0.2, -0.15) is 0 Å². The van der Waals surface area contributed by atoms with E-state index >= 15 is 0 Å². The lowest BCUT2D eigenvalue weighted by Gasteiger charge is -2.31. The van der Waals surface area contributed by atoms with E-state index in [1.807, 2.05) is 0 Å². The topological polar surface area (TPSA) is 15.3 Å². The van der Waals surface area contributed by atoms with Crippen molar-refractivity contribution < 1.29 is 0 Å². The zero-order valence-electron chi connectivity index (χ0n) is 8.60. The molecule has 1 N–H and O–H groups in total. The molecule has 0 aliphatic carbocycles. The van der Waals surface area contributed by atoms with Gasteiger partial charge >= 0.3 is 0 Å². The molecule has 1 aliphatic heterocycles. The molecule has 2 nitrogen and oxygen atoms in total. The Balaban J connectivity index is 2.76. The fourth-order valence-electron chi connectivity index (χ4n) is 1.29. The van der Waals surface area contributed by atoms with Gasteiger partial charge in [-0.15, -0.1) is 0 Å². The SMILES string of the molecule is CC(C)N1[C]NC=C1[Si](C)(C)C. The molecule has 0 fully saturated rings. The average Bonchev–Trinajstić information content (AvgIpc) is 2.30. The molecule has 1 rings (SSSR count). The van der Waals surface area contributed by atoms with Gasteiger partial charge in [0, 0.05) is 17.6 Å². The van der Waals surface area contributed by atoms with Gasteiger partial charge < -0.3 is 10.2 Å². The lowest BCUT2D eigenvalue weighted by atomic mass is 10.4. The van der Waals surface area contributed by atoms with Gasteiger partial charge in [-0.25, -0.2) is 0 Å². The Kier molecular flexibility index (Phi) is 2.51. The minimum Gasteiger partial charge on any atom is -0.360 e. The summed E-state index contributed by atoms with van der Waals surface area (Å²) in [5, 5.41) is 4.50. The number of nitrogens with one attached hydrogen (secondary N) is 1. The van der Waals surface area contributed by atoms with Crippen molar-refractivity contribution in [1.82, 2.24) is 10.2 Å². The summed E-state index contributed by atoms with van der Waals surface area (Å²) in [4.78, 5) is 2.21. The summed E-state index contributed by atoms with van der Waals surface area (Å²) in [6.45, 7) is 14.6. The van der Waals surface area contributed by atoms with Crippen LogP contribution in [0.15, 0.2) is 11.5 Å². The highest BCUT2D eigenvalue weighted by Crippen LogP contribution is 2.24. The van der Waals surface area contributed by atoms with Crippen LogP contribution in [0.3, 0.4) is 0 Å². The Labute approximate surface area is 76.7 Å². The summed E-state index contributed by atoms with van der Waals surface area (Å²) in [7, 11) is -1.19. The lowest BCUT2D eigenvalue weighted by molar-refractivity contribution is 0.366. The first kappa shape index (κ1) is 9.64. The Bertz CT molecular complexity index is 191. The van der Waals surface area contributed by atoms with Gasteiger partial charge in [0.25, 0.3) is 0 Å². The second kappa shape index (κ2) is 3.13. The van der Waals surface area contributed by atoms with Crippen molar-refractivity contribution >= 4 is 8.07 Å². The maximum Gasteiger partial charge on any atom is 0.205 e. The van der Waals surface area contributed by atoms with E-state index in [9.17, 15) is 0 Å². The quantitative estimate of drug-likeness (QED) is 0.657. The van der Waals surface area contributed by atoms with E-state index in [1.54, 1.807) is 0 Å². The molecule has 1 heterocycles. The van der Waals surface area contributed by atoms with E-state index in [0.717, 1.165) is 0 Å². The van der Waals surface area contributed by atoms with Crippen LogP contribution >= 0.6 is 0 Å².